The molecule has 0 saturated carbocycles. The minimum atomic E-state index is -0.804. The highest BCUT2D eigenvalue weighted by Crippen LogP contribution is 2.32. The van der Waals surface area contributed by atoms with Crippen LogP contribution in [0.2, 0.25) is 0 Å². The maximum absolute atomic E-state index is 12.2. The number of hydrogen-bond donors (Lipinski definition) is 1. The van der Waals surface area contributed by atoms with Crippen molar-refractivity contribution in [3.63, 3.8) is 0 Å². The summed E-state index contributed by atoms with van der Waals surface area (Å²) in [4.78, 5) is 24.4. The molecule has 2 rings (SSSR count). The van der Waals surface area contributed by atoms with Gasteiger partial charge in [-0.2, -0.15) is 0 Å². The minimum Gasteiger partial charge on any atom is -0.481 e. The SMILES string of the molecule is C=C1c2ccccc2C(=O)N1CC(C)CCC(=O)O. The molecule has 1 atom stereocenters. The van der Waals surface area contributed by atoms with Gasteiger partial charge in [0.2, 0.25) is 0 Å². The van der Waals surface area contributed by atoms with Gasteiger partial charge in [0.15, 0.2) is 0 Å². The van der Waals surface area contributed by atoms with E-state index in [0.717, 1.165) is 5.56 Å². The number of carbonyl (C=O) groups excluding carboxylic acids is 1. The van der Waals surface area contributed by atoms with E-state index in [9.17, 15) is 9.59 Å². The van der Waals surface area contributed by atoms with Crippen LogP contribution in [0.15, 0.2) is 30.8 Å². The zero-order valence-electron chi connectivity index (χ0n) is 10.9. The second-order valence-corrected chi connectivity index (χ2v) is 4.95. The molecular formula is C15H17NO3. The van der Waals surface area contributed by atoms with E-state index in [1.165, 1.54) is 0 Å². The van der Waals surface area contributed by atoms with Crippen LogP contribution < -0.4 is 0 Å². The molecule has 0 spiro atoms. The van der Waals surface area contributed by atoms with Crippen molar-refractivity contribution < 1.29 is 14.7 Å². The van der Waals surface area contributed by atoms with Crippen LogP contribution in [-0.4, -0.2) is 28.4 Å². The second kappa shape index (κ2) is 5.26. The fourth-order valence-electron chi connectivity index (χ4n) is 2.30. The van der Waals surface area contributed by atoms with Crippen molar-refractivity contribution in [2.45, 2.75) is 19.8 Å². The first-order valence-electron chi connectivity index (χ1n) is 6.32. The third kappa shape index (κ3) is 2.67. The van der Waals surface area contributed by atoms with Crippen LogP contribution in [-0.2, 0) is 4.79 Å². The first kappa shape index (κ1) is 13.3. The number of aliphatic carboxylic acids is 1. The molecule has 1 heterocycles. The number of carboxylic acids is 1. The maximum Gasteiger partial charge on any atom is 0.303 e. The van der Waals surface area contributed by atoms with Gasteiger partial charge in [-0.3, -0.25) is 9.59 Å². The molecule has 0 bridgehead atoms. The van der Waals surface area contributed by atoms with Gasteiger partial charge in [0, 0.05) is 29.8 Å². The van der Waals surface area contributed by atoms with Crippen LogP contribution in [0.1, 0.15) is 35.7 Å². The monoisotopic (exact) mass is 259 g/mol. The number of fused-ring (bicyclic) bond motifs is 1. The topological polar surface area (TPSA) is 57.6 Å². The van der Waals surface area contributed by atoms with Crippen LogP contribution in [0.5, 0.6) is 0 Å². The highest BCUT2D eigenvalue weighted by molar-refractivity contribution is 6.08. The molecule has 0 saturated heterocycles. The van der Waals surface area contributed by atoms with Crippen molar-refractivity contribution in [3.05, 3.63) is 42.0 Å². The van der Waals surface area contributed by atoms with Gasteiger partial charge in [0.1, 0.15) is 0 Å². The van der Waals surface area contributed by atoms with E-state index in [4.69, 9.17) is 5.11 Å². The smallest absolute Gasteiger partial charge is 0.303 e. The molecule has 1 N–H and O–H groups in total. The van der Waals surface area contributed by atoms with E-state index in [2.05, 4.69) is 6.58 Å². The number of carbonyl (C=O) groups is 2. The third-order valence-electron chi connectivity index (χ3n) is 3.38. The number of benzene rings is 1. The summed E-state index contributed by atoms with van der Waals surface area (Å²) in [7, 11) is 0. The molecule has 1 aliphatic heterocycles. The summed E-state index contributed by atoms with van der Waals surface area (Å²) in [6, 6.07) is 7.40. The molecule has 0 aromatic heterocycles. The molecule has 1 unspecified atom stereocenters. The summed E-state index contributed by atoms with van der Waals surface area (Å²) in [6.07, 6.45) is 0.686. The van der Waals surface area contributed by atoms with E-state index in [1.54, 1.807) is 11.0 Å². The first-order chi connectivity index (χ1) is 9.00. The number of nitrogens with zero attached hydrogens (tertiary/aromatic N) is 1. The van der Waals surface area contributed by atoms with Crippen molar-refractivity contribution >= 4 is 17.6 Å². The lowest BCUT2D eigenvalue weighted by molar-refractivity contribution is -0.137. The van der Waals surface area contributed by atoms with Crippen LogP contribution in [0.3, 0.4) is 0 Å². The van der Waals surface area contributed by atoms with Crippen LogP contribution in [0, 0.1) is 5.92 Å². The number of hydrogen-bond acceptors (Lipinski definition) is 2. The van der Waals surface area contributed by atoms with Gasteiger partial charge in [0.05, 0.1) is 0 Å². The molecule has 1 aromatic rings. The largest absolute Gasteiger partial charge is 0.481 e. The standard InChI is InChI=1S/C15H17NO3/c1-10(7-8-14(17)18)9-16-11(2)12-5-3-4-6-13(12)15(16)19/h3-6,10H,2,7-9H2,1H3,(H,17,18). The lowest BCUT2D eigenvalue weighted by atomic mass is 10.1. The Morgan fingerprint density at radius 3 is 2.58 bits per heavy atom. The molecule has 0 radical (unpaired) electrons. The van der Waals surface area contributed by atoms with Gasteiger partial charge in [-0.15, -0.1) is 0 Å². The summed E-state index contributed by atoms with van der Waals surface area (Å²) >= 11 is 0. The highest BCUT2D eigenvalue weighted by Gasteiger charge is 2.31. The Morgan fingerprint density at radius 2 is 2.00 bits per heavy atom. The predicted octanol–water partition coefficient (Wildman–Crippen LogP) is 2.61. The molecule has 4 nitrogen and oxygen atoms in total. The summed E-state index contributed by atoms with van der Waals surface area (Å²) < 4.78 is 0. The van der Waals surface area contributed by atoms with Gasteiger partial charge in [0.25, 0.3) is 5.91 Å². The Morgan fingerprint density at radius 1 is 1.37 bits per heavy atom. The van der Waals surface area contributed by atoms with Crippen molar-refractivity contribution in [3.8, 4) is 0 Å². The van der Waals surface area contributed by atoms with Crippen LogP contribution in [0.25, 0.3) is 5.70 Å². The highest BCUT2D eigenvalue weighted by atomic mass is 16.4. The van der Waals surface area contributed by atoms with Crippen molar-refractivity contribution in [2.75, 3.05) is 6.54 Å². The van der Waals surface area contributed by atoms with Gasteiger partial charge in [-0.25, -0.2) is 0 Å². The van der Waals surface area contributed by atoms with E-state index < -0.39 is 5.97 Å². The Labute approximate surface area is 112 Å². The fraction of sp³-hybridized carbons (Fsp3) is 0.333. The Bertz CT molecular complexity index is 501. The third-order valence-corrected chi connectivity index (χ3v) is 3.38. The zero-order valence-corrected chi connectivity index (χ0v) is 10.9. The predicted molar refractivity (Wildman–Crippen MR) is 72.5 cm³/mol. The average Bonchev–Trinajstić information content (AvgIpc) is 2.62. The Balaban J connectivity index is 2.06. The van der Waals surface area contributed by atoms with E-state index >= 15 is 0 Å². The summed E-state index contributed by atoms with van der Waals surface area (Å²) in [5.41, 5.74) is 2.26. The molecule has 0 fully saturated rings. The maximum atomic E-state index is 12.2. The molecule has 4 heteroatoms. The normalized spacial score (nSPS) is 15.5. The van der Waals surface area contributed by atoms with Gasteiger partial charge in [-0.05, 0) is 18.4 Å². The minimum absolute atomic E-state index is 0.0391. The lowest BCUT2D eigenvalue weighted by Gasteiger charge is -2.21. The molecule has 1 aromatic carbocycles. The van der Waals surface area contributed by atoms with E-state index in [-0.39, 0.29) is 18.2 Å². The quantitative estimate of drug-likeness (QED) is 0.884. The van der Waals surface area contributed by atoms with Crippen LogP contribution in [0.4, 0.5) is 0 Å². The lowest BCUT2D eigenvalue weighted by Crippen LogP contribution is -2.28. The fourth-order valence-corrected chi connectivity index (χ4v) is 2.30. The Hall–Kier alpha value is -2.10. The summed E-state index contributed by atoms with van der Waals surface area (Å²) in [6.45, 7) is 6.43. The summed E-state index contributed by atoms with van der Waals surface area (Å²) in [5, 5.41) is 8.67. The molecule has 1 aliphatic rings. The first-order valence-corrected chi connectivity index (χ1v) is 6.32. The van der Waals surface area contributed by atoms with Gasteiger partial charge in [-0.1, -0.05) is 31.7 Å². The molecule has 0 aliphatic carbocycles. The zero-order chi connectivity index (χ0) is 14.0. The van der Waals surface area contributed by atoms with Crippen LogP contribution >= 0.6 is 0 Å². The second-order valence-electron chi connectivity index (χ2n) is 4.95. The van der Waals surface area contributed by atoms with Gasteiger partial charge < -0.3 is 10.0 Å². The Kier molecular flexibility index (Phi) is 3.69. The van der Waals surface area contributed by atoms with E-state index in [1.807, 2.05) is 25.1 Å². The average molecular weight is 259 g/mol. The van der Waals surface area contributed by atoms with Gasteiger partial charge >= 0.3 is 5.97 Å². The number of carboxylic acid groups (broad SMARTS) is 1. The van der Waals surface area contributed by atoms with Crippen molar-refractivity contribution in [1.29, 1.82) is 0 Å². The molecular weight excluding hydrogens is 242 g/mol. The number of amides is 1. The van der Waals surface area contributed by atoms with Crippen molar-refractivity contribution in [1.82, 2.24) is 4.90 Å². The van der Waals surface area contributed by atoms with E-state index in [0.29, 0.717) is 24.2 Å². The number of rotatable bonds is 5. The summed E-state index contributed by atoms with van der Waals surface area (Å²) in [5.74, 6) is -0.712. The molecule has 19 heavy (non-hydrogen) atoms. The molecule has 100 valence electrons. The van der Waals surface area contributed by atoms with Crippen molar-refractivity contribution in [2.24, 2.45) is 5.92 Å². The molecule has 1 amide bonds.